The molecule has 3 N–H and O–H groups in total. The lowest BCUT2D eigenvalue weighted by atomic mass is 9.87. The summed E-state index contributed by atoms with van der Waals surface area (Å²) in [4.78, 5) is 14.8. The quantitative estimate of drug-likeness (QED) is 0.733. The van der Waals surface area contributed by atoms with Gasteiger partial charge >= 0.3 is 0 Å². The van der Waals surface area contributed by atoms with Crippen molar-refractivity contribution in [3.05, 3.63) is 65.7 Å². The molecule has 1 unspecified atom stereocenters. The lowest BCUT2D eigenvalue weighted by molar-refractivity contribution is -0.123. The topological polar surface area (TPSA) is 58.4 Å². The second-order valence-corrected chi connectivity index (χ2v) is 8.46. The fourth-order valence-corrected chi connectivity index (χ4v) is 3.56. The number of benzene rings is 2. The summed E-state index contributed by atoms with van der Waals surface area (Å²) in [5.41, 5.74) is 9.74. The number of nitrogens with zero attached hydrogens (tertiary/aromatic N) is 1. The molecule has 1 aliphatic heterocycles. The maximum absolute atomic E-state index is 12.4. The van der Waals surface area contributed by atoms with Crippen LogP contribution < -0.4 is 16.0 Å². The van der Waals surface area contributed by atoms with Crippen molar-refractivity contribution in [1.82, 2.24) is 5.32 Å². The number of hydrogen-bond donors (Lipinski definition) is 2. The van der Waals surface area contributed by atoms with Crippen LogP contribution in [0.15, 0.2) is 54.6 Å². The van der Waals surface area contributed by atoms with Crippen molar-refractivity contribution in [3.63, 3.8) is 0 Å². The van der Waals surface area contributed by atoms with Crippen LogP contribution in [-0.2, 0) is 10.2 Å². The van der Waals surface area contributed by atoms with E-state index in [1.54, 1.807) is 0 Å². The zero-order valence-electron chi connectivity index (χ0n) is 17.4. The smallest absolute Gasteiger partial charge is 0.241 e. The molecule has 0 bridgehead atoms. The first-order valence-electron chi connectivity index (χ1n) is 9.81. The lowest BCUT2D eigenvalue weighted by Crippen LogP contribution is -2.47. The molecular formula is C23H33Cl2N3O. The van der Waals surface area contributed by atoms with Gasteiger partial charge in [0.15, 0.2) is 0 Å². The maximum Gasteiger partial charge on any atom is 0.241 e. The van der Waals surface area contributed by atoms with Crippen molar-refractivity contribution in [2.24, 2.45) is 5.73 Å². The predicted octanol–water partition coefficient (Wildman–Crippen LogP) is 4.61. The third kappa shape index (κ3) is 6.63. The number of nitrogens with one attached hydrogen (secondary N) is 1. The van der Waals surface area contributed by atoms with Gasteiger partial charge in [-0.2, -0.15) is 0 Å². The van der Waals surface area contributed by atoms with Gasteiger partial charge < -0.3 is 16.0 Å². The fourth-order valence-electron chi connectivity index (χ4n) is 3.56. The van der Waals surface area contributed by atoms with E-state index in [-0.39, 0.29) is 42.2 Å². The molecule has 29 heavy (non-hydrogen) atoms. The summed E-state index contributed by atoms with van der Waals surface area (Å²) in [7, 11) is 0. The third-order valence-electron chi connectivity index (χ3n) is 5.38. The minimum Gasteiger partial charge on any atom is -0.371 e. The Labute approximate surface area is 187 Å². The number of carbonyl (C=O) groups excluding carboxylic acids is 1. The Morgan fingerprint density at radius 2 is 1.55 bits per heavy atom. The normalized spacial score (nSPS) is 15.7. The van der Waals surface area contributed by atoms with Gasteiger partial charge in [-0.1, -0.05) is 63.2 Å². The van der Waals surface area contributed by atoms with Gasteiger partial charge in [0.2, 0.25) is 5.91 Å². The Kier molecular flexibility index (Phi) is 9.47. The molecular weight excluding hydrogens is 405 g/mol. The second kappa shape index (κ2) is 10.9. The molecule has 1 aliphatic rings. The van der Waals surface area contributed by atoms with Gasteiger partial charge in [0.05, 0.1) is 0 Å². The first kappa shape index (κ1) is 25.3. The molecule has 1 saturated heterocycles. The van der Waals surface area contributed by atoms with Crippen LogP contribution in [0.1, 0.15) is 50.8 Å². The van der Waals surface area contributed by atoms with E-state index >= 15 is 0 Å². The molecule has 0 radical (unpaired) electrons. The predicted molar refractivity (Wildman–Crippen MR) is 126 cm³/mol. The van der Waals surface area contributed by atoms with E-state index in [9.17, 15) is 4.79 Å². The van der Waals surface area contributed by atoms with Gasteiger partial charge in [0.1, 0.15) is 6.04 Å². The van der Waals surface area contributed by atoms with Gasteiger partial charge in [-0.15, -0.1) is 24.8 Å². The van der Waals surface area contributed by atoms with E-state index in [0.29, 0.717) is 0 Å². The summed E-state index contributed by atoms with van der Waals surface area (Å²) in [6, 6.07) is 18.0. The number of anilines is 1. The van der Waals surface area contributed by atoms with Crippen LogP contribution in [0.4, 0.5) is 5.69 Å². The van der Waals surface area contributed by atoms with Gasteiger partial charge in [-0.3, -0.25) is 4.79 Å². The fraction of sp³-hybridized carbons (Fsp3) is 0.435. The van der Waals surface area contributed by atoms with Crippen LogP contribution in [0.2, 0.25) is 0 Å². The van der Waals surface area contributed by atoms with Crippen molar-refractivity contribution in [2.75, 3.05) is 18.0 Å². The summed E-state index contributed by atoms with van der Waals surface area (Å²) in [5, 5.41) is 3.13. The molecule has 2 aromatic rings. The first-order valence-corrected chi connectivity index (χ1v) is 9.81. The highest BCUT2D eigenvalue weighted by Gasteiger charge is 2.24. The molecule has 1 heterocycles. The zero-order chi connectivity index (χ0) is 19.4. The summed E-state index contributed by atoms with van der Waals surface area (Å²) >= 11 is 0. The van der Waals surface area contributed by atoms with Crippen LogP contribution in [0.25, 0.3) is 0 Å². The number of halogens is 2. The molecule has 0 saturated carbocycles. The molecule has 6 heteroatoms. The highest BCUT2D eigenvalue weighted by atomic mass is 35.5. The van der Waals surface area contributed by atoms with Crippen molar-refractivity contribution >= 4 is 36.4 Å². The maximum atomic E-state index is 12.4. The van der Waals surface area contributed by atoms with Gasteiger partial charge in [-0.25, -0.2) is 0 Å². The van der Waals surface area contributed by atoms with Gasteiger partial charge in [-0.05, 0) is 41.5 Å². The van der Waals surface area contributed by atoms with E-state index in [1.165, 1.54) is 11.3 Å². The van der Waals surface area contributed by atoms with E-state index in [2.05, 4.69) is 55.3 Å². The van der Waals surface area contributed by atoms with Gasteiger partial charge in [0.25, 0.3) is 0 Å². The number of carbonyl (C=O) groups is 1. The number of amides is 1. The van der Waals surface area contributed by atoms with Crippen molar-refractivity contribution in [3.8, 4) is 0 Å². The number of rotatable bonds is 4. The molecule has 2 aromatic carbocycles. The van der Waals surface area contributed by atoms with Crippen LogP contribution in [0.5, 0.6) is 0 Å². The second-order valence-electron chi connectivity index (χ2n) is 8.46. The highest BCUT2D eigenvalue weighted by Crippen LogP contribution is 2.26. The van der Waals surface area contributed by atoms with Crippen LogP contribution in [0.3, 0.4) is 0 Å². The SMILES string of the molecule is CC(C)(C)c1ccc(N2CCC(NC(=O)C(N)c3ccccc3)CC2)cc1.Cl.Cl. The zero-order valence-corrected chi connectivity index (χ0v) is 19.1. The summed E-state index contributed by atoms with van der Waals surface area (Å²) in [6.45, 7) is 8.59. The average molecular weight is 438 g/mol. The lowest BCUT2D eigenvalue weighted by Gasteiger charge is -2.34. The standard InChI is InChI=1S/C23H31N3O.2ClH/c1-23(2,3)18-9-11-20(12-10-18)26-15-13-19(14-16-26)25-22(27)21(24)17-7-5-4-6-8-17;;/h4-12,19,21H,13-16,24H2,1-3H3,(H,25,27);2*1H. The molecule has 4 nitrogen and oxygen atoms in total. The molecule has 160 valence electrons. The third-order valence-corrected chi connectivity index (χ3v) is 5.38. The van der Waals surface area contributed by atoms with E-state index in [0.717, 1.165) is 31.5 Å². The molecule has 1 amide bonds. The number of nitrogens with two attached hydrogens (primary N) is 1. The van der Waals surface area contributed by atoms with Crippen molar-refractivity contribution < 1.29 is 4.79 Å². The highest BCUT2D eigenvalue weighted by molar-refractivity contribution is 5.85. The molecule has 1 fully saturated rings. The first-order chi connectivity index (χ1) is 12.8. The molecule has 1 atom stereocenters. The number of hydrogen-bond acceptors (Lipinski definition) is 3. The van der Waals surface area contributed by atoms with E-state index in [1.807, 2.05) is 30.3 Å². The van der Waals surface area contributed by atoms with Crippen molar-refractivity contribution in [2.45, 2.75) is 51.1 Å². The average Bonchev–Trinajstić information content (AvgIpc) is 2.68. The summed E-state index contributed by atoms with van der Waals surface area (Å²) < 4.78 is 0. The minimum absolute atomic E-state index is 0. The number of piperidine rings is 1. The van der Waals surface area contributed by atoms with Crippen molar-refractivity contribution in [1.29, 1.82) is 0 Å². The van der Waals surface area contributed by atoms with E-state index in [4.69, 9.17) is 5.73 Å². The monoisotopic (exact) mass is 437 g/mol. The van der Waals surface area contributed by atoms with Crippen LogP contribution in [0, 0.1) is 0 Å². The molecule has 0 aliphatic carbocycles. The Morgan fingerprint density at radius 1 is 1.00 bits per heavy atom. The molecule has 3 rings (SSSR count). The van der Waals surface area contributed by atoms with Gasteiger partial charge in [0, 0.05) is 24.8 Å². The molecule has 0 aromatic heterocycles. The Balaban J connectivity index is 0.00000210. The summed E-state index contributed by atoms with van der Waals surface area (Å²) in [5.74, 6) is -0.0887. The Bertz CT molecular complexity index is 752. The summed E-state index contributed by atoms with van der Waals surface area (Å²) in [6.07, 6.45) is 1.88. The van der Waals surface area contributed by atoms with Crippen LogP contribution >= 0.6 is 24.8 Å². The molecule has 0 spiro atoms. The van der Waals surface area contributed by atoms with E-state index < -0.39 is 6.04 Å². The minimum atomic E-state index is -0.603. The Morgan fingerprint density at radius 3 is 2.07 bits per heavy atom. The largest absolute Gasteiger partial charge is 0.371 e. The Hall–Kier alpha value is -1.75. The van der Waals surface area contributed by atoms with Crippen LogP contribution in [-0.4, -0.2) is 25.0 Å².